The summed E-state index contributed by atoms with van der Waals surface area (Å²) in [5, 5.41) is 11.6. The van der Waals surface area contributed by atoms with Gasteiger partial charge in [-0.15, -0.1) is 0 Å². The van der Waals surface area contributed by atoms with Crippen LogP contribution in [0.25, 0.3) is 0 Å². The van der Waals surface area contributed by atoms with Crippen LogP contribution in [-0.4, -0.2) is 35.7 Å². The number of carbonyl (C=O) groups excluding carboxylic acids is 1. The van der Waals surface area contributed by atoms with E-state index in [1.54, 1.807) is 11.8 Å². The van der Waals surface area contributed by atoms with Gasteiger partial charge in [-0.2, -0.15) is 11.8 Å². The lowest BCUT2D eigenvalue weighted by atomic mass is 9.97. The van der Waals surface area contributed by atoms with Gasteiger partial charge >= 0.3 is 0 Å². The lowest BCUT2D eigenvalue weighted by Gasteiger charge is -2.14. The summed E-state index contributed by atoms with van der Waals surface area (Å²) < 4.78 is 0. The van der Waals surface area contributed by atoms with Crippen LogP contribution in [0.15, 0.2) is 0 Å². The van der Waals surface area contributed by atoms with Crippen LogP contribution in [0.5, 0.6) is 0 Å². The predicted molar refractivity (Wildman–Crippen MR) is 68.5 cm³/mol. The molecule has 1 fully saturated rings. The van der Waals surface area contributed by atoms with Gasteiger partial charge in [0.1, 0.15) is 0 Å². The lowest BCUT2D eigenvalue weighted by molar-refractivity contribution is -0.125. The third-order valence-corrected chi connectivity index (χ3v) is 4.26. The van der Waals surface area contributed by atoms with E-state index in [0.29, 0.717) is 5.92 Å². The Balaban J connectivity index is 2.02. The van der Waals surface area contributed by atoms with Gasteiger partial charge in [0.05, 0.1) is 0 Å². The fourth-order valence-corrected chi connectivity index (χ4v) is 2.96. The Morgan fingerprint density at radius 1 is 1.44 bits per heavy atom. The second-order valence-corrected chi connectivity index (χ2v) is 5.72. The standard InChI is InChI=1S/C12H23NO2S/c1-10-4-2-5-11(10)12(15)13-6-9-16-8-3-7-14/h10-11,14H,2-9H2,1H3,(H,13,15). The minimum absolute atomic E-state index is 0.243. The highest BCUT2D eigenvalue weighted by atomic mass is 32.2. The monoisotopic (exact) mass is 245 g/mol. The van der Waals surface area contributed by atoms with Crippen molar-refractivity contribution in [2.75, 3.05) is 24.7 Å². The number of carbonyl (C=O) groups is 1. The van der Waals surface area contributed by atoms with Crippen molar-refractivity contribution >= 4 is 17.7 Å². The van der Waals surface area contributed by atoms with E-state index in [9.17, 15) is 4.79 Å². The number of aliphatic hydroxyl groups excluding tert-OH is 1. The Kier molecular flexibility index (Phi) is 6.88. The van der Waals surface area contributed by atoms with E-state index in [1.807, 2.05) is 0 Å². The summed E-state index contributed by atoms with van der Waals surface area (Å²) in [6.07, 6.45) is 4.30. The Hall–Kier alpha value is -0.220. The minimum atomic E-state index is 0.243. The molecule has 0 radical (unpaired) electrons. The molecular weight excluding hydrogens is 222 g/mol. The van der Waals surface area contributed by atoms with Crippen LogP contribution < -0.4 is 5.32 Å². The summed E-state index contributed by atoms with van der Waals surface area (Å²) in [4.78, 5) is 11.8. The molecule has 1 rings (SSSR count). The Morgan fingerprint density at radius 2 is 2.25 bits per heavy atom. The molecule has 0 aromatic carbocycles. The summed E-state index contributed by atoms with van der Waals surface area (Å²) in [7, 11) is 0. The number of hydrogen-bond donors (Lipinski definition) is 2. The fraction of sp³-hybridized carbons (Fsp3) is 0.917. The SMILES string of the molecule is CC1CCCC1C(=O)NCCSCCCO. The van der Waals surface area contributed by atoms with E-state index >= 15 is 0 Å². The van der Waals surface area contributed by atoms with Gasteiger partial charge in [-0.25, -0.2) is 0 Å². The molecule has 1 amide bonds. The van der Waals surface area contributed by atoms with Crippen LogP contribution in [0.3, 0.4) is 0 Å². The van der Waals surface area contributed by atoms with E-state index < -0.39 is 0 Å². The highest BCUT2D eigenvalue weighted by Crippen LogP contribution is 2.30. The van der Waals surface area contributed by atoms with E-state index in [4.69, 9.17) is 5.11 Å². The molecule has 0 heterocycles. The maximum atomic E-state index is 11.8. The molecule has 94 valence electrons. The molecule has 0 saturated heterocycles. The molecule has 2 unspecified atom stereocenters. The number of nitrogens with one attached hydrogen (secondary N) is 1. The summed E-state index contributed by atoms with van der Waals surface area (Å²) in [5.74, 6) is 2.98. The first-order valence-electron chi connectivity index (χ1n) is 6.22. The van der Waals surface area contributed by atoms with Gasteiger partial charge < -0.3 is 10.4 Å². The van der Waals surface area contributed by atoms with Crippen molar-refractivity contribution in [3.8, 4) is 0 Å². The van der Waals surface area contributed by atoms with Crippen molar-refractivity contribution in [3.05, 3.63) is 0 Å². The molecule has 0 bridgehead atoms. The zero-order valence-electron chi connectivity index (χ0n) is 10.1. The smallest absolute Gasteiger partial charge is 0.223 e. The third-order valence-electron chi connectivity index (χ3n) is 3.19. The molecule has 0 aliphatic heterocycles. The predicted octanol–water partition coefficient (Wildman–Crippen LogP) is 1.65. The van der Waals surface area contributed by atoms with Crippen LogP contribution in [0, 0.1) is 11.8 Å². The van der Waals surface area contributed by atoms with Gasteiger partial charge in [-0.1, -0.05) is 13.3 Å². The first-order chi connectivity index (χ1) is 7.75. The van der Waals surface area contributed by atoms with Crippen LogP contribution in [0.4, 0.5) is 0 Å². The summed E-state index contributed by atoms with van der Waals surface area (Å²) in [5.41, 5.74) is 0. The zero-order chi connectivity index (χ0) is 11.8. The van der Waals surface area contributed by atoms with Crippen LogP contribution >= 0.6 is 11.8 Å². The molecular formula is C12H23NO2S. The molecule has 2 atom stereocenters. The molecule has 0 aromatic heterocycles. The van der Waals surface area contributed by atoms with Crippen molar-refractivity contribution in [1.82, 2.24) is 5.32 Å². The number of aliphatic hydroxyl groups is 1. The average molecular weight is 245 g/mol. The molecule has 2 N–H and O–H groups in total. The number of thioether (sulfide) groups is 1. The summed E-state index contributed by atoms with van der Waals surface area (Å²) in [6, 6.07) is 0. The summed E-state index contributed by atoms with van der Waals surface area (Å²) >= 11 is 1.79. The van der Waals surface area contributed by atoms with E-state index in [0.717, 1.165) is 30.9 Å². The first kappa shape index (κ1) is 13.8. The highest BCUT2D eigenvalue weighted by molar-refractivity contribution is 7.99. The first-order valence-corrected chi connectivity index (χ1v) is 7.37. The fourth-order valence-electron chi connectivity index (χ4n) is 2.18. The molecule has 1 aliphatic carbocycles. The van der Waals surface area contributed by atoms with E-state index in [1.165, 1.54) is 12.8 Å². The average Bonchev–Trinajstić information content (AvgIpc) is 2.69. The molecule has 0 aromatic rings. The van der Waals surface area contributed by atoms with Gasteiger partial charge in [-0.05, 0) is 30.9 Å². The van der Waals surface area contributed by atoms with E-state index in [2.05, 4.69) is 12.2 Å². The van der Waals surface area contributed by atoms with Crippen molar-refractivity contribution in [2.24, 2.45) is 11.8 Å². The lowest BCUT2D eigenvalue weighted by Crippen LogP contribution is -2.33. The van der Waals surface area contributed by atoms with Crippen molar-refractivity contribution < 1.29 is 9.90 Å². The normalized spacial score (nSPS) is 24.6. The van der Waals surface area contributed by atoms with Crippen LogP contribution in [0.2, 0.25) is 0 Å². The maximum absolute atomic E-state index is 11.8. The third kappa shape index (κ3) is 4.74. The summed E-state index contributed by atoms with van der Waals surface area (Å²) in [6.45, 7) is 3.20. The number of amides is 1. The Morgan fingerprint density at radius 3 is 2.88 bits per heavy atom. The molecule has 16 heavy (non-hydrogen) atoms. The van der Waals surface area contributed by atoms with E-state index in [-0.39, 0.29) is 18.4 Å². The molecule has 0 spiro atoms. The number of hydrogen-bond acceptors (Lipinski definition) is 3. The topological polar surface area (TPSA) is 49.3 Å². The van der Waals surface area contributed by atoms with Gasteiger partial charge in [0.15, 0.2) is 0 Å². The highest BCUT2D eigenvalue weighted by Gasteiger charge is 2.29. The Bertz CT molecular complexity index is 211. The molecule has 1 aliphatic rings. The van der Waals surface area contributed by atoms with Gasteiger partial charge in [0.2, 0.25) is 5.91 Å². The Labute approximate surface area is 102 Å². The molecule has 4 heteroatoms. The van der Waals surface area contributed by atoms with Crippen molar-refractivity contribution in [1.29, 1.82) is 0 Å². The van der Waals surface area contributed by atoms with Gasteiger partial charge in [-0.3, -0.25) is 4.79 Å². The molecule has 1 saturated carbocycles. The van der Waals surface area contributed by atoms with Gasteiger partial charge in [0, 0.05) is 24.8 Å². The zero-order valence-corrected chi connectivity index (χ0v) is 10.9. The van der Waals surface area contributed by atoms with Crippen molar-refractivity contribution in [2.45, 2.75) is 32.6 Å². The minimum Gasteiger partial charge on any atom is -0.396 e. The van der Waals surface area contributed by atoms with Crippen LogP contribution in [-0.2, 0) is 4.79 Å². The second kappa shape index (κ2) is 7.96. The maximum Gasteiger partial charge on any atom is 0.223 e. The number of rotatable bonds is 7. The second-order valence-electron chi connectivity index (χ2n) is 4.50. The van der Waals surface area contributed by atoms with Crippen molar-refractivity contribution in [3.63, 3.8) is 0 Å². The largest absolute Gasteiger partial charge is 0.396 e. The quantitative estimate of drug-likeness (QED) is 0.671. The molecule has 3 nitrogen and oxygen atoms in total. The van der Waals surface area contributed by atoms with Crippen LogP contribution in [0.1, 0.15) is 32.6 Å². The van der Waals surface area contributed by atoms with Gasteiger partial charge in [0.25, 0.3) is 0 Å².